The van der Waals surface area contributed by atoms with Gasteiger partial charge >= 0.3 is 0 Å². The Morgan fingerprint density at radius 2 is 1.69 bits per heavy atom. The first-order chi connectivity index (χ1) is 12.9. The number of rotatable bonds is 3. The summed E-state index contributed by atoms with van der Waals surface area (Å²) in [5.74, 6) is 0.657. The highest BCUT2D eigenvalue weighted by atomic mass is 32.1. The van der Waals surface area contributed by atoms with Crippen LogP contribution in [0.5, 0.6) is 0 Å². The normalized spacial score (nSPS) is 24.3. The second kappa shape index (κ2) is 7.05. The van der Waals surface area contributed by atoms with Crippen LogP contribution in [0.2, 0.25) is 0 Å². The molecule has 5 heteroatoms. The summed E-state index contributed by atoms with van der Waals surface area (Å²) in [6, 6.07) is 7.30. The van der Waals surface area contributed by atoms with Crippen molar-refractivity contribution in [2.45, 2.75) is 50.5 Å². The van der Waals surface area contributed by atoms with E-state index in [9.17, 15) is 0 Å². The first-order valence-electron chi connectivity index (χ1n) is 9.77. The van der Waals surface area contributed by atoms with Crippen LogP contribution in [0.4, 0.5) is 0 Å². The van der Waals surface area contributed by atoms with Crippen molar-refractivity contribution in [3.05, 3.63) is 41.9 Å². The number of benzene rings is 1. The molecule has 2 fully saturated rings. The summed E-state index contributed by atoms with van der Waals surface area (Å²) in [6.07, 6.45) is 13.5. The van der Waals surface area contributed by atoms with E-state index in [2.05, 4.69) is 33.1 Å². The number of likely N-dealkylation sites (tertiary alicyclic amines) is 1. The van der Waals surface area contributed by atoms with Gasteiger partial charge in [-0.15, -0.1) is 11.3 Å². The Bertz CT molecular complexity index is 877. The third-order valence-corrected chi connectivity index (χ3v) is 7.10. The molecule has 3 heterocycles. The van der Waals surface area contributed by atoms with Crippen LogP contribution in [0.1, 0.15) is 49.5 Å². The van der Waals surface area contributed by atoms with E-state index >= 15 is 0 Å². The van der Waals surface area contributed by atoms with Gasteiger partial charge in [-0.25, -0.2) is 15.0 Å². The molecule has 2 aliphatic rings. The van der Waals surface area contributed by atoms with Gasteiger partial charge in [-0.1, -0.05) is 18.9 Å². The molecule has 0 bridgehead atoms. The highest BCUT2D eigenvalue weighted by molar-refractivity contribution is 7.18. The van der Waals surface area contributed by atoms with E-state index in [0.717, 1.165) is 17.1 Å². The average molecular weight is 365 g/mol. The number of thiazole rings is 1. The van der Waals surface area contributed by atoms with E-state index in [1.165, 1.54) is 66.9 Å². The van der Waals surface area contributed by atoms with E-state index in [1.807, 2.05) is 23.7 Å². The molecule has 26 heavy (non-hydrogen) atoms. The molecule has 0 radical (unpaired) electrons. The van der Waals surface area contributed by atoms with Gasteiger partial charge in [0, 0.05) is 29.9 Å². The zero-order chi connectivity index (χ0) is 17.3. The molecule has 1 aliphatic heterocycles. The average Bonchev–Trinajstić information content (AvgIpc) is 2.87. The maximum atomic E-state index is 4.94. The molecule has 134 valence electrons. The van der Waals surface area contributed by atoms with Gasteiger partial charge in [-0.3, -0.25) is 0 Å². The Morgan fingerprint density at radius 3 is 2.46 bits per heavy atom. The lowest BCUT2D eigenvalue weighted by Crippen LogP contribution is -2.44. The van der Waals surface area contributed by atoms with Gasteiger partial charge in [0.2, 0.25) is 0 Å². The van der Waals surface area contributed by atoms with Crippen LogP contribution in [0.25, 0.3) is 21.3 Å². The molecule has 3 aromatic rings. The van der Waals surface area contributed by atoms with Gasteiger partial charge in [0.05, 0.1) is 15.2 Å². The van der Waals surface area contributed by atoms with E-state index < -0.39 is 0 Å². The first kappa shape index (κ1) is 16.3. The van der Waals surface area contributed by atoms with Gasteiger partial charge in [0.25, 0.3) is 0 Å². The van der Waals surface area contributed by atoms with Gasteiger partial charge in [-0.2, -0.15) is 0 Å². The van der Waals surface area contributed by atoms with Crippen LogP contribution in [0.15, 0.2) is 36.9 Å². The summed E-state index contributed by atoms with van der Waals surface area (Å²) < 4.78 is 1.28. The monoisotopic (exact) mass is 364 g/mol. The molecule has 1 saturated heterocycles. The molecule has 0 spiro atoms. The third kappa shape index (κ3) is 3.14. The van der Waals surface area contributed by atoms with E-state index in [-0.39, 0.29) is 0 Å². The maximum Gasteiger partial charge on any atom is 0.115 e. The molecule has 0 amide bonds. The predicted octanol–water partition coefficient (Wildman–Crippen LogP) is 4.88. The molecule has 1 saturated carbocycles. The van der Waals surface area contributed by atoms with Gasteiger partial charge in [-0.05, 0) is 56.5 Å². The summed E-state index contributed by atoms with van der Waals surface area (Å²) in [4.78, 5) is 15.9. The van der Waals surface area contributed by atoms with E-state index in [1.54, 1.807) is 6.33 Å². The lowest BCUT2D eigenvalue weighted by Gasteiger charge is -2.42. The van der Waals surface area contributed by atoms with Crippen LogP contribution < -0.4 is 0 Å². The smallest absolute Gasteiger partial charge is 0.115 e. The Labute approximate surface area is 158 Å². The van der Waals surface area contributed by atoms with Gasteiger partial charge in [0.1, 0.15) is 6.33 Å². The summed E-state index contributed by atoms with van der Waals surface area (Å²) in [5.41, 5.74) is 3.36. The molecule has 1 aromatic carbocycles. The number of fused-ring (bicyclic) bond motifs is 1. The fourth-order valence-corrected chi connectivity index (χ4v) is 5.43. The lowest BCUT2D eigenvalue weighted by molar-refractivity contribution is 0.113. The fourth-order valence-electron chi connectivity index (χ4n) is 4.29. The standard InChI is InChI=1S/C21H24N4S/c1-2-4-8-25(7-3-1)18-9-16(10-18)21-24-19-6-5-15(11-20(19)26-21)17-12-22-14-23-13-17/h5-6,11-14,16,18H,1-4,7-10H2/t16-,18-. The van der Waals surface area contributed by atoms with Crippen molar-refractivity contribution in [3.8, 4) is 11.1 Å². The van der Waals surface area contributed by atoms with Crippen molar-refractivity contribution in [1.29, 1.82) is 0 Å². The van der Waals surface area contributed by atoms with Crippen molar-refractivity contribution in [2.24, 2.45) is 0 Å². The summed E-state index contributed by atoms with van der Waals surface area (Å²) >= 11 is 1.87. The summed E-state index contributed by atoms with van der Waals surface area (Å²) in [7, 11) is 0. The minimum atomic E-state index is 0.657. The number of aromatic nitrogens is 3. The SMILES string of the molecule is c1ncc(-c2ccc3nc([C@H]4C[C@H](N5CCCCCC5)C4)sc3c2)cn1. The van der Waals surface area contributed by atoms with Crippen LogP contribution in [-0.4, -0.2) is 39.0 Å². The van der Waals surface area contributed by atoms with Crippen molar-refractivity contribution < 1.29 is 0 Å². The summed E-state index contributed by atoms with van der Waals surface area (Å²) in [5, 5.41) is 1.33. The highest BCUT2D eigenvalue weighted by Gasteiger charge is 2.36. The molecule has 0 N–H and O–H groups in total. The zero-order valence-corrected chi connectivity index (χ0v) is 15.8. The molecular formula is C21H24N4S. The molecular weight excluding hydrogens is 340 g/mol. The minimum Gasteiger partial charge on any atom is -0.300 e. The molecule has 0 unspecified atom stereocenters. The number of nitrogens with zero attached hydrogens (tertiary/aromatic N) is 4. The van der Waals surface area contributed by atoms with Crippen molar-refractivity contribution in [1.82, 2.24) is 19.9 Å². The Balaban J connectivity index is 1.31. The number of hydrogen-bond donors (Lipinski definition) is 0. The maximum absolute atomic E-state index is 4.94. The van der Waals surface area contributed by atoms with Crippen molar-refractivity contribution >= 4 is 21.6 Å². The lowest BCUT2D eigenvalue weighted by atomic mass is 9.79. The molecule has 4 nitrogen and oxygen atoms in total. The van der Waals surface area contributed by atoms with Gasteiger partial charge in [0.15, 0.2) is 0 Å². The van der Waals surface area contributed by atoms with Crippen molar-refractivity contribution in [3.63, 3.8) is 0 Å². The minimum absolute atomic E-state index is 0.657. The van der Waals surface area contributed by atoms with Crippen molar-refractivity contribution in [2.75, 3.05) is 13.1 Å². The molecule has 1 aliphatic carbocycles. The van der Waals surface area contributed by atoms with E-state index in [0.29, 0.717) is 5.92 Å². The molecule has 5 rings (SSSR count). The second-order valence-corrected chi connectivity index (χ2v) is 8.70. The predicted molar refractivity (Wildman–Crippen MR) is 106 cm³/mol. The third-order valence-electron chi connectivity index (χ3n) is 5.92. The summed E-state index contributed by atoms with van der Waals surface area (Å²) in [6.45, 7) is 2.61. The molecule has 0 atom stereocenters. The highest BCUT2D eigenvalue weighted by Crippen LogP contribution is 2.43. The zero-order valence-electron chi connectivity index (χ0n) is 15.0. The largest absolute Gasteiger partial charge is 0.300 e. The first-order valence-corrected chi connectivity index (χ1v) is 10.6. The Kier molecular flexibility index (Phi) is 4.43. The fraction of sp³-hybridized carbons (Fsp3) is 0.476. The van der Waals surface area contributed by atoms with Crippen LogP contribution >= 0.6 is 11.3 Å². The van der Waals surface area contributed by atoms with E-state index in [4.69, 9.17) is 4.98 Å². The van der Waals surface area contributed by atoms with Crippen LogP contribution in [0, 0.1) is 0 Å². The quantitative estimate of drug-likeness (QED) is 0.664. The van der Waals surface area contributed by atoms with Crippen LogP contribution in [0.3, 0.4) is 0 Å². The second-order valence-electron chi connectivity index (χ2n) is 7.63. The number of hydrogen-bond acceptors (Lipinski definition) is 5. The Morgan fingerprint density at radius 1 is 0.923 bits per heavy atom. The topological polar surface area (TPSA) is 41.9 Å². The van der Waals surface area contributed by atoms with Gasteiger partial charge < -0.3 is 4.90 Å². The van der Waals surface area contributed by atoms with Crippen LogP contribution in [-0.2, 0) is 0 Å². The Hall–Kier alpha value is -1.85. The molecule has 2 aromatic heterocycles.